The van der Waals surface area contributed by atoms with E-state index < -0.39 is 5.91 Å². The third kappa shape index (κ3) is 3.65. The maximum atomic E-state index is 14.7. The molecule has 0 saturated heterocycles. The van der Waals surface area contributed by atoms with Crippen LogP contribution < -0.4 is 4.90 Å². The first-order valence-corrected chi connectivity index (χ1v) is 14.3. The van der Waals surface area contributed by atoms with E-state index >= 15 is 0 Å². The van der Waals surface area contributed by atoms with Crippen molar-refractivity contribution in [2.45, 2.75) is 0 Å². The lowest BCUT2D eigenvalue weighted by atomic mass is 9.95. The summed E-state index contributed by atoms with van der Waals surface area (Å²) < 4.78 is 1.97. The summed E-state index contributed by atoms with van der Waals surface area (Å²) in [5.41, 5.74) is 7.21. The number of carbonyl (C=O) groups excluding carboxylic acids is 2. The van der Waals surface area contributed by atoms with Gasteiger partial charge in [-0.05, 0) is 34.7 Å². The fraction of sp³-hybridized carbons (Fsp3) is 0. The fourth-order valence-corrected chi connectivity index (χ4v) is 6.48. The molecular formula is C39H23N3O2. The van der Waals surface area contributed by atoms with Crippen molar-refractivity contribution in [2.24, 2.45) is 0 Å². The van der Waals surface area contributed by atoms with Crippen LogP contribution in [0, 0.1) is 6.57 Å². The van der Waals surface area contributed by atoms with Crippen molar-refractivity contribution in [2.75, 3.05) is 4.90 Å². The Morgan fingerprint density at radius 1 is 0.523 bits per heavy atom. The summed E-state index contributed by atoms with van der Waals surface area (Å²) in [5.74, 6) is -0.772. The van der Waals surface area contributed by atoms with Gasteiger partial charge in [0.25, 0.3) is 11.8 Å². The molecule has 1 aromatic heterocycles. The second-order valence-corrected chi connectivity index (χ2v) is 10.7. The van der Waals surface area contributed by atoms with E-state index in [0.717, 1.165) is 38.5 Å². The Morgan fingerprint density at radius 2 is 1.09 bits per heavy atom. The van der Waals surface area contributed by atoms with Crippen LogP contribution in [0.2, 0.25) is 0 Å². The zero-order chi connectivity index (χ0) is 29.8. The lowest BCUT2D eigenvalue weighted by Gasteiger charge is -2.23. The second kappa shape index (κ2) is 9.94. The number of hydrogen-bond donors (Lipinski definition) is 0. The number of amides is 2. The van der Waals surface area contributed by atoms with Crippen LogP contribution in [0.1, 0.15) is 20.7 Å². The summed E-state index contributed by atoms with van der Waals surface area (Å²) in [6.45, 7) is 7.92. The molecule has 1 aliphatic rings. The molecule has 0 fully saturated rings. The number of imide groups is 1. The Hall–Kier alpha value is -6.25. The van der Waals surface area contributed by atoms with Gasteiger partial charge in [-0.2, -0.15) is 0 Å². The molecule has 8 rings (SSSR count). The minimum absolute atomic E-state index is 0.321. The molecule has 206 valence electrons. The molecule has 0 N–H and O–H groups in total. The van der Waals surface area contributed by atoms with E-state index in [1.165, 1.54) is 4.90 Å². The molecule has 1 aliphatic heterocycles. The molecule has 0 aliphatic carbocycles. The lowest BCUT2D eigenvalue weighted by Crippen LogP contribution is -2.30. The summed E-state index contributed by atoms with van der Waals surface area (Å²) in [7, 11) is 0. The van der Waals surface area contributed by atoms with E-state index in [4.69, 9.17) is 6.57 Å². The second-order valence-electron chi connectivity index (χ2n) is 10.7. The Balaban J connectivity index is 1.41. The van der Waals surface area contributed by atoms with E-state index in [9.17, 15) is 9.59 Å². The van der Waals surface area contributed by atoms with Crippen molar-refractivity contribution < 1.29 is 9.59 Å². The van der Waals surface area contributed by atoms with Gasteiger partial charge in [0.05, 0.1) is 40.1 Å². The summed E-state index contributed by atoms with van der Waals surface area (Å²) in [6.07, 6.45) is 0. The average molecular weight is 566 g/mol. The normalized spacial score (nSPS) is 12.6. The molecule has 2 amide bonds. The molecular weight excluding hydrogens is 542 g/mol. The monoisotopic (exact) mass is 565 g/mol. The molecule has 0 unspecified atom stereocenters. The van der Waals surface area contributed by atoms with Gasteiger partial charge in [-0.25, -0.2) is 9.74 Å². The standard InChI is InChI=1S/C39H23N3O2/c1-40-32-22-11-20-30-29-17-8-9-23-33(29)41(37(30)32)34-24-12-21-31-35(34)39(44)42(38(31)43)36-27(25-13-4-2-5-14-25)18-10-19-28(36)26-15-6-3-7-16-26/h2-24H. The van der Waals surface area contributed by atoms with Crippen LogP contribution in [-0.2, 0) is 0 Å². The predicted octanol–water partition coefficient (Wildman–Crippen LogP) is 9.47. The van der Waals surface area contributed by atoms with Crippen LogP contribution in [0.15, 0.2) is 140 Å². The van der Waals surface area contributed by atoms with Gasteiger partial charge in [-0.1, -0.05) is 121 Å². The number of rotatable bonds is 4. The number of carbonyl (C=O) groups is 2. The van der Waals surface area contributed by atoms with Crippen molar-refractivity contribution in [3.05, 3.63) is 162 Å². The van der Waals surface area contributed by atoms with Crippen LogP contribution in [0.4, 0.5) is 11.4 Å². The third-order valence-electron chi connectivity index (χ3n) is 8.36. The molecule has 2 heterocycles. The van der Waals surface area contributed by atoms with Crippen molar-refractivity contribution in [3.8, 4) is 27.9 Å². The highest BCUT2D eigenvalue weighted by molar-refractivity contribution is 6.37. The fourth-order valence-electron chi connectivity index (χ4n) is 6.48. The van der Waals surface area contributed by atoms with Gasteiger partial charge in [0.15, 0.2) is 0 Å². The molecule has 5 nitrogen and oxygen atoms in total. The molecule has 5 heteroatoms. The molecule has 7 aromatic rings. The molecule has 0 spiro atoms. The van der Waals surface area contributed by atoms with Gasteiger partial charge in [-0.3, -0.25) is 9.59 Å². The van der Waals surface area contributed by atoms with E-state index in [1.807, 2.05) is 132 Å². The summed E-state index contributed by atoms with van der Waals surface area (Å²) in [5, 5.41) is 1.89. The van der Waals surface area contributed by atoms with Crippen molar-refractivity contribution in [1.82, 2.24) is 4.57 Å². The number of benzene rings is 6. The maximum Gasteiger partial charge on any atom is 0.268 e. The van der Waals surface area contributed by atoms with Crippen molar-refractivity contribution in [1.29, 1.82) is 0 Å². The molecule has 0 radical (unpaired) electrons. The van der Waals surface area contributed by atoms with Gasteiger partial charge >= 0.3 is 0 Å². The van der Waals surface area contributed by atoms with E-state index in [1.54, 1.807) is 12.1 Å². The number of anilines is 1. The molecule has 0 saturated carbocycles. The van der Waals surface area contributed by atoms with Gasteiger partial charge in [0.2, 0.25) is 5.69 Å². The number of fused-ring (bicyclic) bond motifs is 4. The molecule has 44 heavy (non-hydrogen) atoms. The van der Waals surface area contributed by atoms with Crippen LogP contribution in [0.25, 0.3) is 54.6 Å². The van der Waals surface area contributed by atoms with Crippen molar-refractivity contribution >= 4 is 45.0 Å². The Morgan fingerprint density at radius 3 is 1.77 bits per heavy atom. The number of para-hydroxylation sites is 3. The maximum absolute atomic E-state index is 14.7. The smallest absolute Gasteiger partial charge is 0.268 e. The highest BCUT2D eigenvalue weighted by Gasteiger charge is 2.41. The van der Waals surface area contributed by atoms with Gasteiger partial charge in [0.1, 0.15) is 0 Å². The van der Waals surface area contributed by atoms with Gasteiger partial charge in [-0.15, -0.1) is 0 Å². The average Bonchev–Trinajstić information content (AvgIpc) is 3.56. The first-order valence-electron chi connectivity index (χ1n) is 14.3. The molecule has 0 bridgehead atoms. The number of hydrogen-bond acceptors (Lipinski definition) is 2. The Bertz CT molecular complexity index is 2270. The highest BCUT2D eigenvalue weighted by atomic mass is 16.2. The molecule has 0 atom stereocenters. The molecule has 6 aromatic carbocycles. The highest BCUT2D eigenvalue weighted by Crippen LogP contribution is 2.45. The Kier molecular flexibility index (Phi) is 5.75. The van der Waals surface area contributed by atoms with Gasteiger partial charge < -0.3 is 4.57 Å². The van der Waals surface area contributed by atoms with Crippen molar-refractivity contribution in [3.63, 3.8) is 0 Å². The quantitative estimate of drug-likeness (QED) is 0.158. The minimum Gasteiger partial charge on any atom is -0.318 e. The topological polar surface area (TPSA) is 46.7 Å². The van der Waals surface area contributed by atoms with E-state index in [-0.39, 0.29) is 5.91 Å². The SMILES string of the molecule is [C-]#[N+]c1cccc2c3ccccc3n(-c3cccc4c3C(=O)N(c3c(-c5ccccc5)cccc3-c3ccccc3)C4=O)c12. The summed E-state index contributed by atoms with van der Waals surface area (Å²) in [6, 6.07) is 44.5. The summed E-state index contributed by atoms with van der Waals surface area (Å²) in [4.78, 5) is 34.3. The first-order chi connectivity index (χ1) is 21.7. The van der Waals surface area contributed by atoms with E-state index in [2.05, 4.69) is 4.85 Å². The zero-order valence-corrected chi connectivity index (χ0v) is 23.4. The predicted molar refractivity (Wildman–Crippen MR) is 175 cm³/mol. The summed E-state index contributed by atoms with van der Waals surface area (Å²) >= 11 is 0. The zero-order valence-electron chi connectivity index (χ0n) is 23.4. The number of nitrogens with zero attached hydrogens (tertiary/aromatic N) is 3. The largest absolute Gasteiger partial charge is 0.318 e. The first kappa shape index (κ1) is 25.5. The van der Waals surface area contributed by atoms with E-state index in [0.29, 0.717) is 33.7 Å². The van der Waals surface area contributed by atoms with Crippen LogP contribution in [-0.4, -0.2) is 16.4 Å². The van der Waals surface area contributed by atoms with Gasteiger partial charge in [0, 0.05) is 16.5 Å². The lowest BCUT2D eigenvalue weighted by molar-refractivity contribution is 0.0926. The Labute approximate surface area is 253 Å². The van der Waals surface area contributed by atoms with Crippen LogP contribution in [0.5, 0.6) is 0 Å². The third-order valence-corrected chi connectivity index (χ3v) is 8.36. The van der Waals surface area contributed by atoms with Crippen LogP contribution in [0.3, 0.4) is 0 Å². The minimum atomic E-state index is -0.396. The number of aromatic nitrogens is 1. The van der Waals surface area contributed by atoms with Crippen LogP contribution >= 0.6 is 0 Å².